The number of nitrogens with one attached hydrogen (secondary N) is 2. The zero-order valence-corrected chi connectivity index (χ0v) is 15.1. The van der Waals surface area contributed by atoms with Crippen LogP contribution < -0.4 is 20.1 Å². The van der Waals surface area contributed by atoms with E-state index in [4.69, 9.17) is 4.74 Å². The molecule has 2 amide bonds. The summed E-state index contributed by atoms with van der Waals surface area (Å²) in [6, 6.07) is 5.99. The molecule has 0 aromatic heterocycles. The van der Waals surface area contributed by atoms with Crippen LogP contribution in [0.25, 0.3) is 0 Å². The van der Waals surface area contributed by atoms with Gasteiger partial charge in [0.25, 0.3) is 5.91 Å². The molecule has 2 aromatic rings. The van der Waals surface area contributed by atoms with Crippen molar-refractivity contribution in [1.29, 1.82) is 0 Å². The molecule has 0 heterocycles. The maximum Gasteiger partial charge on any atom is 0.416 e. The number of hydrogen-bond acceptors (Lipinski definition) is 4. The summed E-state index contributed by atoms with van der Waals surface area (Å²) in [7, 11) is 1.16. The third kappa shape index (κ3) is 5.56. The van der Waals surface area contributed by atoms with Crippen LogP contribution in [-0.4, -0.2) is 25.5 Å². The summed E-state index contributed by atoms with van der Waals surface area (Å²) < 4.78 is 73.7. The Kier molecular flexibility index (Phi) is 6.62. The highest BCUT2D eigenvalue weighted by Crippen LogP contribution is 2.36. The number of halogens is 5. The number of alkyl halides is 5. The molecule has 0 saturated heterocycles. The smallest absolute Gasteiger partial charge is 0.416 e. The second kappa shape index (κ2) is 8.76. The average Bonchev–Trinajstić information content (AvgIpc) is 2.61. The number of carbonyl (C=O) groups excluding carboxylic acids is 2. The zero-order chi connectivity index (χ0) is 21.8. The molecule has 0 aliphatic rings. The summed E-state index contributed by atoms with van der Waals surface area (Å²) in [5.74, 6) is -2.41. The summed E-state index contributed by atoms with van der Waals surface area (Å²) >= 11 is 0. The fraction of sp³-hybridized carbons (Fsp3) is 0.222. The van der Waals surface area contributed by atoms with Crippen molar-refractivity contribution in [2.45, 2.75) is 19.7 Å². The Balaban J connectivity index is 2.48. The van der Waals surface area contributed by atoms with Crippen molar-refractivity contribution in [2.24, 2.45) is 0 Å². The number of hydrogen-bond donors (Lipinski definition) is 2. The lowest BCUT2D eigenvalue weighted by Gasteiger charge is -2.17. The van der Waals surface area contributed by atoms with Crippen LogP contribution in [0.5, 0.6) is 11.5 Å². The van der Waals surface area contributed by atoms with Gasteiger partial charge in [0.05, 0.1) is 29.6 Å². The van der Waals surface area contributed by atoms with E-state index in [0.29, 0.717) is 6.07 Å². The van der Waals surface area contributed by atoms with Crippen LogP contribution in [0.3, 0.4) is 0 Å². The second-order valence-corrected chi connectivity index (χ2v) is 5.61. The predicted octanol–water partition coefficient (Wildman–Crippen LogP) is 4.53. The quantitative estimate of drug-likeness (QED) is 0.676. The molecule has 2 N–H and O–H groups in total. The number of benzene rings is 2. The van der Waals surface area contributed by atoms with Crippen LogP contribution in [0.15, 0.2) is 36.4 Å². The highest BCUT2D eigenvalue weighted by atomic mass is 19.4. The second-order valence-electron chi connectivity index (χ2n) is 5.61. The minimum absolute atomic E-state index is 0.113. The molecule has 0 saturated carbocycles. The molecule has 0 radical (unpaired) electrons. The molecule has 0 fully saturated rings. The molecule has 6 nitrogen and oxygen atoms in total. The molecule has 0 bridgehead atoms. The number of ether oxygens (including phenoxy) is 2. The molecule has 0 spiro atoms. The molecule has 2 rings (SSSR count). The van der Waals surface area contributed by atoms with Crippen molar-refractivity contribution in [3.8, 4) is 11.5 Å². The minimum Gasteiger partial charge on any atom is -0.493 e. The monoisotopic (exact) mass is 418 g/mol. The van der Waals surface area contributed by atoms with Crippen molar-refractivity contribution < 1.29 is 41.0 Å². The fourth-order valence-electron chi connectivity index (χ4n) is 2.38. The first kappa shape index (κ1) is 21.9. The van der Waals surface area contributed by atoms with Gasteiger partial charge in [-0.3, -0.25) is 9.59 Å². The van der Waals surface area contributed by atoms with E-state index in [1.165, 1.54) is 12.1 Å². The number of carbonyl (C=O) groups is 2. The van der Waals surface area contributed by atoms with Crippen molar-refractivity contribution in [2.75, 3.05) is 17.7 Å². The SMILES string of the molecule is COc1cccc(C(=O)Nc2cc(C(F)(F)F)ccc2NC(C)=O)c1OC(F)F. The van der Waals surface area contributed by atoms with Gasteiger partial charge in [0.2, 0.25) is 5.91 Å². The van der Waals surface area contributed by atoms with Crippen molar-refractivity contribution >= 4 is 23.2 Å². The van der Waals surface area contributed by atoms with Crippen LogP contribution >= 0.6 is 0 Å². The van der Waals surface area contributed by atoms with Gasteiger partial charge in [-0.15, -0.1) is 0 Å². The van der Waals surface area contributed by atoms with Crippen LogP contribution in [0.1, 0.15) is 22.8 Å². The standard InChI is InChI=1S/C18H15F5N2O4/c1-9(26)24-12-7-6-10(18(21,22)23)8-13(12)25-16(27)11-4-3-5-14(28-2)15(11)29-17(19)20/h3-8,17H,1-2H3,(H,24,26)(H,25,27). The molecule has 0 unspecified atom stereocenters. The molecule has 0 atom stereocenters. The van der Waals surface area contributed by atoms with Crippen molar-refractivity contribution in [3.63, 3.8) is 0 Å². The van der Waals surface area contributed by atoms with Gasteiger partial charge in [-0.05, 0) is 30.3 Å². The highest BCUT2D eigenvalue weighted by molar-refractivity contribution is 6.09. The first-order valence-corrected chi connectivity index (χ1v) is 7.95. The number of rotatable bonds is 6. The van der Waals surface area contributed by atoms with Gasteiger partial charge in [0.15, 0.2) is 11.5 Å². The maximum absolute atomic E-state index is 13.0. The third-order valence-corrected chi connectivity index (χ3v) is 3.56. The summed E-state index contributed by atoms with van der Waals surface area (Å²) in [6.07, 6.45) is -4.71. The minimum atomic E-state index is -4.71. The molecule has 0 aliphatic heterocycles. The summed E-state index contributed by atoms with van der Waals surface area (Å²) in [5.41, 5.74) is -1.99. The number of amides is 2. The van der Waals surface area contributed by atoms with Crippen LogP contribution in [0, 0.1) is 0 Å². The van der Waals surface area contributed by atoms with E-state index in [1.54, 1.807) is 0 Å². The normalized spacial score (nSPS) is 11.2. The Bertz CT molecular complexity index is 916. The Morgan fingerprint density at radius 3 is 2.28 bits per heavy atom. The lowest BCUT2D eigenvalue weighted by Crippen LogP contribution is -2.18. The van der Waals surface area contributed by atoms with E-state index in [1.807, 2.05) is 0 Å². The molecule has 2 aromatic carbocycles. The lowest BCUT2D eigenvalue weighted by atomic mass is 10.1. The third-order valence-electron chi connectivity index (χ3n) is 3.56. The Morgan fingerprint density at radius 2 is 1.72 bits per heavy atom. The number of methoxy groups -OCH3 is 1. The predicted molar refractivity (Wildman–Crippen MR) is 93.3 cm³/mol. The molecule has 11 heteroatoms. The average molecular weight is 418 g/mol. The van der Waals surface area contributed by atoms with Crippen molar-refractivity contribution in [3.05, 3.63) is 47.5 Å². The van der Waals surface area contributed by atoms with Gasteiger partial charge in [-0.1, -0.05) is 6.07 Å². The summed E-state index contributed by atoms with van der Waals surface area (Å²) in [6.45, 7) is -2.15. The van der Waals surface area contributed by atoms with Crippen LogP contribution in [-0.2, 0) is 11.0 Å². The van der Waals surface area contributed by atoms with E-state index in [0.717, 1.165) is 32.2 Å². The van der Waals surface area contributed by atoms with Crippen molar-refractivity contribution in [1.82, 2.24) is 0 Å². The molecule has 29 heavy (non-hydrogen) atoms. The fourth-order valence-corrected chi connectivity index (χ4v) is 2.38. The van der Waals surface area contributed by atoms with Crippen LogP contribution in [0.4, 0.5) is 33.3 Å². The van der Waals surface area contributed by atoms with Gasteiger partial charge >= 0.3 is 12.8 Å². The molecular formula is C18H15F5N2O4. The Labute approximate surface area is 161 Å². The molecule has 156 valence electrons. The van der Waals surface area contributed by atoms with Gasteiger partial charge in [-0.2, -0.15) is 22.0 Å². The summed E-state index contributed by atoms with van der Waals surface area (Å²) in [4.78, 5) is 23.9. The number of para-hydroxylation sites is 1. The largest absolute Gasteiger partial charge is 0.493 e. The maximum atomic E-state index is 13.0. The Morgan fingerprint density at radius 1 is 1.03 bits per heavy atom. The molecule has 0 aliphatic carbocycles. The van der Waals surface area contributed by atoms with E-state index >= 15 is 0 Å². The lowest BCUT2D eigenvalue weighted by molar-refractivity contribution is -0.137. The van der Waals surface area contributed by atoms with E-state index in [9.17, 15) is 31.5 Å². The van der Waals surface area contributed by atoms with Gasteiger partial charge < -0.3 is 20.1 Å². The van der Waals surface area contributed by atoms with Gasteiger partial charge in [-0.25, -0.2) is 0 Å². The topological polar surface area (TPSA) is 76.7 Å². The highest BCUT2D eigenvalue weighted by Gasteiger charge is 2.31. The molecular weight excluding hydrogens is 403 g/mol. The first-order chi connectivity index (χ1) is 13.5. The zero-order valence-electron chi connectivity index (χ0n) is 15.1. The van der Waals surface area contributed by atoms with E-state index in [2.05, 4.69) is 15.4 Å². The van der Waals surface area contributed by atoms with Gasteiger partial charge in [0, 0.05) is 6.92 Å². The first-order valence-electron chi connectivity index (χ1n) is 7.95. The summed E-state index contributed by atoms with van der Waals surface area (Å²) in [5, 5.41) is 4.46. The Hall–Kier alpha value is -3.37. The van der Waals surface area contributed by atoms with Crippen LogP contribution in [0.2, 0.25) is 0 Å². The number of anilines is 2. The van der Waals surface area contributed by atoms with E-state index in [-0.39, 0.29) is 17.1 Å². The van der Waals surface area contributed by atoms with E-state index < -0.39 is 41.5 Å². The van der Waals surface area contributed by atoms with Gasteiger partial charge in [0.1, 0.15) is 0 Å².